The average molecular weight is 297 g/mol. The predicted octanol–water partition coefficient (Wildman–Crippen LogP) is 0.0763. The molecule has 0 saturated carbocycles. The number of hydrogen-bond donors (Lipinski definition) is 2. The molecule has 20 heavy (non-hydrogen) atoms. The Morgan fingerprint density at radius 2 is 2.15 bits per heavy atom. The zero-order valence-electron chi connectivity index (χ0n) is 11.6. The van der Waals surface area contributed by atoms with E-state index in [9.17, 15) is 13.2 Å². The molecular weight excluding hydrogens is 278 g/mol. The first-order chi connectivity index (χ1) is 9.30. The molecule has 7 heteroatoms. The summed E-state index contributed by atoms with van der Waals surface area (Å²) in [6, 6.07) is 4.61. The second-order valence-corrected chi connectivity index (χ2v) is 6.61. The van der Waals surface area contributed by atoms with Crippen LogP contribution < -0.4 is 10.5 Å². The molecule has 1 atom stereocenters. The van der Waals surface area contributed by atoms with Crippen molar-refractivity contribution in [1.29, 1.82) is 0 Å². The first kappa shape index (κ1) is 15.0. The van der Waals surface area contributed by atoms with Gasteiger partial charge in [-0.05, 0) is 37.6 Å². The summed E-state index contributed by atoms with van der Waals surface area (Å²) in [7, 11) is -3.75. The molecule has 1 aliphatic heterocycles. The van der Waals surface area contributed by atoms with Gasteiger partial charge in [0.25, 0.3) is 5.91 Å². The molecule has 0 bridgehead atoms. The molecule has 1 saturated heterocycles. The van der Waals surface area contributed by atoms with Crippen molar-refractivity contribution in [3.63, 3.8) is 0 Å². The molecule has 6 nitrogen and oxygen atoms in total. The number of nitrogens with two attached hydrogens (primary N) is 1. The molecular formula is C13H19N3O3S. The Balaban J connectivity index is 2.30. The average Bonchev–Trinajstić information content (AvgIpc) is 2.37. The molecule has 1 aromatic rings. The molecule has 1 aliphatic rings. The lowest BCUT2D eigenvalue weighted by atomic mass is 10.1. The number of primary sulfonamides is 1. The monoisotopic (exact) mass is 297 g/mol. The quantitative estimate of drug-likeness (QED) is 0.808. The number of carbonyl (C=O) groups is 1. The van der Waals surface area contributed by atoms with Crippen LogP contribution in [-0.2, 0) is 10.0 Å². The number of piperazine rings is 1. The third kappa shape index (κ3) is 3.00. The van der Waals surface area contributed by atoms with E-state index in [2.05, 4.69) is 5.32 Å². The van der Waals surface area contributed by atoms with Gasteiger partial charge in [-0.15, -0.1) is 0 Å². The largest absolute Gasteiger partial charge is 0.333 e. The number of carbonyl (C=O) groups excluding carboxylic acids is 1. The normalized spacial score (nSPS) is 19.9. The third-order valence-electron chi connectivity index (χ3n) is 3.49. The first-order valence-electron chi connectivity index (χ1n) is 6.46. The summed E-state index contributed by atoms with van der Waals surface area (Å²) < 4.78 is 22.7. The molecule has 1 aromatic carbocycles. The van der Waals surface area contributed by atoms with Gasteiger partial charge in [0.05, 0.1) is 4.90 Å². The van der Waals surface area contributed by atoms with Crippen molar-refractivity contribution in [3.05, 3.63) is 29.3 Å². The van der Waals surface area contributed by atoms with E-state index in [0.717, 1.165) is 13.1 Å². The molecule has 0 aliphatic carbocycles. The predicted molar refractivity (Wildman–Crippen MR) is 75.9 cm³/mol. The Bertz CT molecular complexity index is 628. The minimum absolute atomic E-state index is 0.0578. The minimum Gasteiger partial charge on any atom is -0.333 e. The van der Waals surface area contributed by atoms with Gasteiger partial charge in [0.2, 0.25) is 10.0 Å². The van der Waals surface area contributed by atoms with Crippen LogP contribution in [0, 0.1) is 6.92 Å². The van der Waals surface area contributed by atoms with E-state index < -0.39 is 10.0 Å². The van der Waals surface area contributed by atoms with Crippen LogP contribution in [0.4, 0.5) is 0 Å². The Morgan fingerprint density at radius 1 is 1.45 bits per heavy atom. The molecule has 110 valence electrons. The molecule has 3 N–H and O–H groups in total. The fourth-order valence-electron chi connectivity index (χ4n) is 2.41. The van der Waals surface area contributed by atoms with Gasteiger partial charge in [0, 0.05) is 31.2 Å². The van der Waals surface area contributed by atoms with Crippen molar-refractivity contribution in [1.82, 2.24) is 10.2 Å². The van der Waals surface area contributed by atoms with Crippen LogP contribution in [0.3, 0.4) is 0 Å². The van der Waals surface area contributed by atoms with E-state index >= 15 is 0 Å². The fourth-order valence-corrected chi connectivity index (χ4v) is 3.18. The Labute approximate surface area is 119 Å². The van der Waals surface area contributed by atoms with Gasteiger partial charge in [-0.25, -0.2) is 13.6 Å². The molecule has 0 radical (unpaired) electrons. The number of sulfonamides is 1. The molecule has 0 spiro atoms. The lowest BCUT2D eigenvalue weighted by Gasteiger charge is -2.34. The van der Waals surface area contributed by atoms with Gasteiger partial charge < -0.3 is 10.2 Å². The maximum atomic E-state index is 12.4. The van der Waals surface area contributed by atoms with Gasteiger partial charge in [0.15, 0.2) is 0 Å². The van der Waals surface area contributed by atoms with Gasteiger partial charge in [-0.3, -0.25) is 4.79 Å². The second kappa shape index (κ2) is 5.51. The van der Waals surface area contributed by atoms with E-state index in [1.54, 1.807) is 17.9 Å². The Hall–Kier alpha value is -1.44. The molecule has 1 heterocycles. The number of benzene rings is 1. The second-order valence-electron chi connectivity index (χ2n) is 5.08. The van der Waals surface area contributed by atoms with Crippen molar-refractivity contribution < 1.29 is 13.2 Å². The van der Waals surface area contributed by atoms with Crippen molar-refractivity contribution in [2.45, 2.75) is 24.8 Å². The van der Waals surface area contributed by atoms with Crippen LogP contribution in [0.25, 0.3) is 0 Å². The Morgan fingerprint density at radius 3 is 2.70 bits per heavy atom. The summed E-state index contributed by atoms with van der Waals surface area (Å²) >= 11 is 0. The topological polar surface area (TPSA) is 92.5 Å². The maximum absolute atomic E-state index is 12.4. The first-order valence-corrected chi connectivity index (χ1v) is 8.00. The van der Waals surface area contributed by atoms with Crippen LogP contribution in [0.15, 0.2) is 23.1 Å². The maximum Gasteiger partial charge on any atom is 0.254 e. The summed E-state index contributed by atoms with van der Waals surface area (Å²) in [6.07, 6.45) is 0. The summed E-state index contributed by atoms with van der Waals surface area (Å²) in [5.74, 6) is -0.0805. The molecule has 0 unspecified atom stereocenters. The molecule has 0 aromatic heterocycles. The summed E-state index contributed by atoms with van der Waals surface area (Å²) in [6.45, 7) is 5.80. The van der Waals surface area contributed by atoms with E-state index in [0.29, 0.717) is 17.7 Å². The van der Waals surface area contributed by atoms with Crippen molar-refractivity contribution in [3.8, 4) is 0 Å². The van der Waals surface area contributed by atoms with Gasteiger partial charge >= 0.3 is 0 Å². The zero-order chi connectivity index (χ0) is 14.9. The van der Waals surface area contributed by atoms with Crippen molar-refractivity contribution in [2.75, 3.05) is 19.6 Å². The van der Waals surface area contributed by atoms with Crippen LogP contribution in [-0.4, -0.2) is 44.9 Å². The smallest absolute Gasteiger partial charge is 0.254 e. The van der Waals surface area contributed by atoms with E-state index in [1.165, 1.54) is 12.1 Å². The lowest BCUT2D eigenvalue weighted by molar-refractivity contribution is 0.0655. The summed E-state index contributed by atoms with van der Waals surface area (Å²) in [4.78, 5) is 14.3. The van der Waals surface area contributed by atoms with Gasteiger partial charge in [-0.2, -0.15) is 0 Å². The number of rotatable bonds is 2. The molecule has 1 fully saturated rings. The fraction of sp³-hybridized carbons (Fsp3) is 0.462. The highest BCUT2D eigenvalue weighted by Crippen LogP contribution is 2.17. The van der Waals surface area contributed by atoms with E-state index in [-0.39, 0.29) is 16.8 Å². The number of nitrogens with zero attached hydrogens (tertiary/aromatic N) is 1. The van der Waals surface area contributed by atoms with Crippen molar-refractivity contribution in [2.24, 2.45) is 5.14 Å². The number of amides is 1. The zero-order valence-corrected chi connectivity index (χ0v) is 12.4. The highest BCUT2D eigenvalue weighted by Gasteiger charge is 2.24. The minimum atomic E-state index is -3.75. The lowest BCUT2D eigenvalue weighted by Crippen LogP contribution is -2.52. The number of aryl methyl sites for hydroxylation is 1. The van der Waals surface area contributed by atoms with Crippen LogP contribution >= 0.6 is 0 Å². The van der Waals surface area contributed by atoms with E-state index in [1.807, 2.05) is 6.92 Å². The van der Waals surface area contributed by atoms with E-state index in [4.69, 9.17) is 5.14 Å². The van der Waals surface area contributed by atoms with Crippen LogP contribution in [0.5, 0.6) is 0 Å². The highest BCUT2D eigenvalue weighted by atomic mass is 32.2. The Kier molecular flexibility index (Phi) is 4.12. The number of hydrogen-bond acceptors (Lipinski definition) is 4. The SMILES string of the molecule is Cc1cc(C(=O)N2CCNC[C@@H]2C)ccc1S(N)(=O)=O. The molecule has 2 rings (SSSR count). The van der Waals surface area contributed by atoms with Crippen LogP contribution in [0.2, 0.25) is 0 Å². The van der Waals surface area contributed by atoms with Crippen molar-refractivity contribution >= 4 is 15.9 Å². The third-order valence-corrected chi connectivity index (χ3v) is 4.56. The highest BCUT2D eigenvalue weighted by molar-refractivity contribution is 7.89. The van der Waals surface area contributed by atoms with Gasteiger partial charge in [-0.1, -0.05) is 0 Å². The summed E-state index contributed by atoms with van der Waals surface area (Å²) in [5, 5.41) is 8.34. The number of nitrogens with one attached hydrogen (secondary N) is 1. The molecule has 1 amide bonds. The summed E-state index contributed by atoms with van der Waals surface area (Å²) in [5.41, 5.74) is 0.977. The van der Waals surface area contributed by atoms with Gasteiger partial charge in [0.1, 0.15) is 0 Å². The van der Waals surface area contributed by atoms with Crippen LogP contribution in [0.1, 0.15) is 22.8 Å². The standard InChI is InChI=1S/C13H19N3O3S/c1-9-7-11(3-4-12(9)20(14,18)19)13(17)16-6-5-15-8-10(16)2/h3-4,7,10,15H,5-6,8H2,1-2H3,(H2,14,18,19)/t10-/m0/s1.